The van der Waals surface area contributed by atoms with E-state index in [0.29, 0.717) is 19.3 Å². The number of esters is 3. The molecule has 0 aliphatic rings. The van der Waals surface area contributed by atoms with Gasteiger partial charge in [-0.25, -0.2) is 0 Å². The maximum Gasteiger partial charge on any atom is 0.306 e. The lowest BCUT2D eigenvalue weighted by atomic mass is 10.0. The normalized spacial score (nSPS) is 12.3. The van der Waals surface area contributed by atoms with E-state index in [-0.39, 0.29) is 31.1 Å². The zero-order valence-electron chi connectivity index (χ0n) is 46.1. The second-order valence-corrected chi connectivity index (χ2v) is 20.3. The standard InChI is InChI=1S/C63H114O6/c1-4-7-10-13-16-19-22-25-28-31-34-37-40-43-46-49-52-55-61(64)67-58-60(69-63(66)57-54-51-48-45-42-39-36-33-30-27-24-21-18-15-12-9-6-3)59-68-62(65)56-53-50-47-44-41-38-35-32-29-26-23-20-17-14-11-8-5-2/h16,19,25,27-28,30,34,37,60H,4-15,17-18,20-24,26,29,31-33,35-36,38-59H2,1-3H3/b19-16-,28-25-,30-27-,37-34-/t60-/m1/s1. The molecular weight excluding hydrogens is 853 g/mol. The van der Waals surface area contributed by atoms with Crippen LogP contribution < -0.4 is 0 Å². The SMILES string of the molecule is CCCCC/C=C\C/C=C\C/C=C\CCCCCCC(=O)OC[C@H](COC(=O)CCCCCCCCCCCCCCCCCCC)OC(=O)CCCCCCCCC/C=C\CCCCCCCC. The fourth-order valence-electron chi connectivity index (χ4n) is 8.74. The first-order chi connectivity index (χ1) is 34.0. The van der Waals surface area contributed by atoms with Gasteiger partial charge in [0.25, 0.3) is 0 Å². The summed E-state index contributed by atoms with van der Waals surface area (Å²) in [6, 6.07) is 0. The van der Waals surface area contributed by atoms with Gasteiger partial charge in [0.05, 0.1) is 0 Å². The van der Waals surface area contributed by atoms with E-state index in [1.807, 2.05) is 0 Å². The summed E-state index contributed by atoms with van der Waals surface area (Å²) in [7, 11) is 0. The minimum atomic E-state index is -0.783. The monoisotopic (exact) mass is 967 g/mol. The van der Waals surface area contributed by atoms with E-state index in [1.54, 1.807) is 0 Å². The smallest absolute Gasteiger partial charge is 0.306 e. The molecule has 0 fully saturated rings. The average Bonchev–Trinajstić information content (AvgIpc) is 3.35. The van der Waals surface area contributed by atoms with Crippen molar-refractivity contribution in [3.8, 4) is 0 Å². The van der Waals surface area contributed by atoms with Gasteiger partial charge in [-0.15, -0.1) is 0 Å². The van der Waals surface area contributed by atoms with Crippen molar-refractivity contribution in [2.75, 3.05) is 13.2 Å². The second-order valence-electron chi connectivity index (χ2n) is 20.3. The molecule has 0 saturated heterocycles. The van der Waals surface area contributed by atoms with E-state index in [0.717, 1.165) is 83.5 Å². The lowest BCUT2D eigenvalue weighted by Crippen LogP contribution is -2.30. The third-order valence-corrected chi connectivity index (χ3v) is 13.3. The Morgan fingerprint density at radius 3 is 0.855 bits per heavy atom. The zero-order chi connectivity index (χ0) is 50.0. The van der Waals surface area contributed by atoms with Crippen molar-refractivity contribution in [2.24, 2.45) is 0 Å². The molecule has 402 valence electrons. The number of hydrogen-bond donors (Lipinski definition) is 0. The van der Waals surface area contributed by atoms with E-state index in [1.165, 1.54) is 193 Å². The van der Waals surface area contributed by atoms with Crippen molar-refractivity contribution in [3.05, 3.63) is 48.6 Å². The van der Waals surface area contributed by atoms with Gasteiger partial charge in [-0.05, 0) is 83.5 Å². The predicted octanol–water partition coefficient (Wildman–Crippen LogP) is 20.2. The largest absolute Gasteiger partial charge is 0.462 e. The van der Waals surface area contributed by atoms with Crippen LogP contribution in [0, 0.1) is 0 Å². The van der Waals surface area contributed by atoms with Crippen LogP contribution in [0.1, 0.15) is 316 Å². The molecule has 0 amide bonds. The fourth-order valence-corrected chi connectivity index (χ4v) is 8.74. The molecule has 6 nitrogen and oxygen atoms in total. The second kappa shape index (κ2) is 57.9. The molecule has 1 atom stereocenters. The maximum atomic E-state index is 12.9. The minimum Gasteiger partial charge on any atom is -0.462 e. The van der Waals surface area contributed by atoms with Crippen molar-refractivity contribution in [1.82, 2.24) is 0 Å². The van der Waals surface area contributed by atoms with Crippen LogP contribution in [0.15, 0.2) is 48.6 Å². The van der Waals surface area contributed by atoms with Gasteiger partial charge in [-0.2, -0.15) is 0 Å². The molecule has 0 aromatic heterocycles. The molecule has 0 aromatic carbocycles. The van der Waals surface area contributed by atoms with Crippen molar-refractivity contribution < 1.29 is 28.6 Å². The highest BCUT2D eigenvalue weighted by Crippen LogP contribution is 2.16. The summed E-state index contributed by atoms with van der Waals surface area (Å²) < 4.78 is 16.9. The first kappa shape index (κ1) is 66.4. The summed E-state index contributed by atoms with van der Waals surface area (Å²) >= 11 is 0. The molecule has 6 heteroatoms. The topological polar surface area (TPSA) is 78.9 Å². The zero-order valence-corrected chi connectivity index (χ0v) is 46.1. The van der Waals surface area contributed by atoms with Crippen LogP contribution in [0.5, 0.6) is 0 Å². The van der Waals surface area contributed by atoms with Crippen molar-refractivity contribution in [3.63, 3.8) is 0 Å². The lowest BCUT2D eigenvalue weighted by Gasteiger charge is -2.18. The lowest BCUT2D eigenvalue weighted by molar-refractivity contribution is -0.167. The van der Waals surface area contributed by atoms with E-state index in [4.69, 9.17) is 14.2 Å². The molecule has 0 radical (unpaired) electrons. The van der Waals surface area contributed by atoms with Gasteiger partial charge < -0.3 is 14.2 Å². The molecule has 0 unspecified atom stereocenters. The molecule has 0 N–H and O–H groups in total. The Morgan fingerprint density at radius 2 is 0.522 bits per heavy atom. The summed E-state index contributed by atoms with van der Waals surface area (Å²) in [4.78, 5) is 38.2. The highest BCUT2D eigenvalue weighted by atomic mass is 16.6. The first-order valence-electron chi connectivity index (χ1n) is 30.1. The van der Waals surface area contributed by atoms with Crippen LogP contribution in [0.25, 0.3) is 0 Å². The number of unbranched alkanes of at least 4 members (excludes halogenated alkanes) is 36. The Morgan fingerprint density at radius 1 is 0.290 bits per heavy atom. The highest BCUT2D eigenvalue weighted by Gasteiger charge is 2.19. The fraction of sp³-hybridized carbons (Fsp3) is 0.825. The molecular formula is C63H114O6. The number of carbonyl (C=O) groups excluding carboxylic acids is 3. The van der Waals surface area contributed by atoms with Gasteiger partial charge in [-0.3, -0.25) is 14.4 Å². The molecule has 69 heavy (non-hydrogen) atoms. The first-order valence-corrected chi connectivity index (χ1v) is 30.1. The molecule has 0 aromatic rings. The predicted molar refractivity (Wildman–Crippen MR) is 298 cm³/mol. The number of allylic oxidation sites excluding steroid dienone is 8. The summed E-state index contributed by atoms with van der Waals surface area (Å²) in [5.41, 5.74) is 0. The van der Waals surface area contributed by atoms with Gasteiger partial charge in [0.1, 0.15) is 13.2 Å². The quantitative estimate of drug-likeness (QED) is 0.0262. The Labute approximate surface area is 428 Å². The van der Waals surface area contributed by atoms with E-state index >= 15 is 0 Å². The van der Waals surface area contributed by atoms with Crippen LogP contribution in [0.2, 0.25) is 0 Å². The van der Waals surface area contributed by atoms with Crippen LogP contribution in [0.4, 0.5) is 0 Å². The summed E-state index contributed by atoms with van der Waals surface area (Å²) in [6.07, 6.45) is 71.0. The van der Waals surface area contributed by atoms with Gasteiger partial charge in [0, 0.05) is 19.3 Å². The molecule has 0 heterocycles. The van der Waals surface area contributed by atoms with Gasteiger partial charge in [0.2, 0.25) is 0 Å². The third kappa shape index (κ3) is 56.2. The molecule has 0 saturated carbocycles. The Hall–Kier alpha value is -2.63. The van der Waals surface area contributed by atoms with Crippen LogP contribution in [-0.4, -0.2) is 37.2 Å². The number of hydrogen-bond acceptors (Lipinski definition) is 6. The van der Waals surface area contributed by atoms with E-state index < -0.39 is 6.10 Å². The maximum absolute atomic E-state index is 12.9. The number of ether oxygens (including phenoxy) is 3. The van der Waals surface area contributed by atoms with Crippen molar-refractivity contribution in [2.45, 2.75) is 322 Å². The summed E-state index contributed by atoms with van der Waals surface area (Å²) in [5, 5.41) is 0. The summed E-state index contributed by atoms with van der Waals surface area (Å²) in [6.45, 7) is 6.63. The van der Waals surface area contributed by atoms with Gasteiger partial charge in [-0.1, -0.05) is 262 Å². The van der Waals surface area contributed by atoms with Crippen LogP contribution in [0.3, 0.4) is 0 Å². The Kier molecular flexibility index (Phi) is 55.7. The highest BCUT2D eigenvalue weighted by molar-refractivity contribution is 5.71. The van der Waals surface area contributed by atoms with E-state index in [9.17, 15) is 14.4 Å². The molecule has 0 spiro atoms. The van der Waals surface area contributed by atoms with Crippen LogP contribution >= 0.6 is 0 Å². The molecule has 0 rings (SSSR count). The summed E-state index contributed by atoms with van der Waals surface area (Å²) in [5.74, 6) is -0.888. The molecule has 0 bridgehead atoms. The average molecular weight is 968 g/mol. The van der Waals surface area contributed by atoms with Crippen molar-refractivity contribution >= 4 is 17.9 Å². The van der Waals surface area contributed by atoms with Crippen molar-refractivity contribution in [1.29, 1.82) is 0 Å². The van der Waals surface area contributed by atoms with E-state index in [2.05, 4.69) is 69.4 Å². The van der Waals surface area contributed by atoms with Gasteiger partial charge >= 0.3 is 17.9 Å². The molecule has 0 aliphatic carbocycles. The van der Waals surface area contributed by atoms with Crippen LogP contribution in [-0.2, 0) is 28.6 Å². The Balaban J connectivity index is 4.39. The third-order valence-electron chi connectivity index (χ3n) is 13.3. The number of carbonyl (C=O) groups is 3. The molecule has 0 aliphatic heterocycles. The van der Waals surface area contributed by atoms with Gasteiger partial charge in [0.15, 0.2) is 6.10 Å². The minimum absolute atomic E-state index is 0.0788. The number of rotatable bonds is 55. The Bertz CT molecular complexity index is 1200.